The lowest BCUT2D eigenvalue weighted by Gasteiger charge is -2.20. The number of nitrogens with one attached hydrogen (secondary N) is 1. The number of hydrogen-bond donors (Lipinski definition) is 1. The summed E-state index contributed by atoms with van der Waals surface area (Å²) < 4.78 is 18.1. The van der Waals surface area contributed by atoms with E-state index in [0.717, 1.165) is 16.9 Å². The Morgan fingerprint density at radius 2 is 1.85 bits per heavy atom. The molecule has 0 saturated heterocycles. The number of nitrogens with zero attached hydrogens (tertiary/aromatic N) is 1. The molecule has 0 spiro atoms. The summed E-state index contributed by atoms with van der Waals surface area (Å²) in [7, 11) is 1.61. The van der Waals surface area contributed by atoms with Crippen molar-refractivity contribution in [2.75, 3.05) is 20.2 Å². The normalized spacial score (nSPS) is 10.3. The Balaban J connectivity index is 1.83. The molecule has 2 aromatic rings. The Labute approximate surface area is 152 Å². The minimum atomic E-state index is -0.335. The topological polar surface area (TPSA) is 58.6 Å². The van der Waals surface area contributed by atoms with Gasteiger partial charge in [-0.3, -0.25) is 9.59 Å². The van der Waals surface area contributed by atoms with Crippen LogP contribution in [0, 0.1) is 5.82 Å². The van der Waals surface area contributed by atoms with Crippen LogP contribution in [0.15, 0.2) is 48.5 Å². The summed E-state index contributed by atoms with van der Waals surface area (Å²) in [6.07, 6.45) is 0.668. The van der Waals surface area contributed by atoms with Gasteiger partial charge in [-0.2, -0.15) is 0 Å². The van der Waals surface area contributed by atoms with E-state index in [1.54, 1.807) is 19.2 Å². The van der Waals surface area contributed by atoms with Gasteiger partial charge in [0.05, 0.1) is 13.7 Å². The van der Waals surface area contributed by atoms with E-state index in [4.69, 9.17) is 4.74 Å². The molecular formula is C20H23FN2O3. The molecule has 1 N–H and O–H groups in total. The first-order valence-corrected chi connectivity index (χ1v) is 8.37. The van der Waals surface area contributed by atoms with Gasteiger partial charge in [0.1, 0.15) is 11.6 Å². The van der Waals surface area contributed by atoms with Crippen LogP contribution in [0.4, 0.5) is 4.39 Å². The highest BCUT2D eigenvalue weighted by atomic mass is 19.1. The van der Waals surface area contributed by atoms with Gasteiger partial charge in [0.15, 0.2) is 0 Å². The van der Waals surface area contributed by atoms with Gasteiger partial charge in [0.2, 0.25) is 11.8 Å². The third-order valence-electron chi connectivity index (χ3n) is 3.94. The van der Waals surface area contributed by atoms with Crippen molar-refractivity contribution >= 4 is 11.8 Å². The van der Waals surface area contributed by atoms with Crippen LogP contribution in [0.25, 0.3) is 0 Å². The van der Waals surface area contributed by atoms with Crippen molar-refractivity contribution in [1.29, 1.82) is 0 Å². The molecule has 0 aliphatic rings. The molecule has 26 heavy (non-hydrogen) atoms. The van der Waals surface area contributed by atoms with Gasteiger partial charge in [0, 0.05) is 20.0 Å². The van der Waals surface area contributed by atoms with E-state index in [2.05, 4.69) is 5.32 Å². The number of carbonyl (C=O) groups excluding carboxylic acids is 2. The SMILES string of the molecule is COc1cccc(CCNC(=O)CN(Cc2ccc(F)cc2)C(C)=O)c1. The quantitative estimate of drug-likeness (QED) is 0.789. The second-order valence-electron chi connectivity index (χ2n) is 5.95. The van der Waals surface area contributed by atoms with E-state index in [9.17, 15) is 14.0 Å². The molecule has 0 aliphatic carbocycles. The van der Waals surface area contributed by atoms with Crippen molar-refractivity contribution in [3.05, 3.63) is 65.5 Å². The Hall–Kier alpha value is -2.89. The Kier molecular flexibility index (Phi) is 7.14. The van der Waals surface area contributed by atoms with Gasteiger partial charge in [-0.25, -0.2) is 4.39 Å². The van der Waals surface area contributed by atoms with Crippen molar-refractivity contribution < 1.29 is 18.7 Å². The standard InChI is InChI=1S/C20H23FN2O3/c1-15(24)23(13-17-6-8-18(21)9-7-17)14-20(25)22-11-10-16-4-3-5-19(12-16)26-2/h3-9,12H,10-11,13-14H2,1-2H3,(H,22,25). The van der Waals surface area contributed by atoms with Crippen molar-refractivity contribution in [2.24, 2.45) is 0 Å². The van der Waals surface area contributed by atoms with E-state index in [-0.39, 0.29) is 30.7 Å². The first-order chi connectivity index (χ1) is 12.5. The van der Waals surface area contributed by atoms with Crippen LogP contribution in [0.1, 0.15) is 18.1 Å². The molecule has 0 heterocycles. The van der Waals surface area contributed by atoms with E-state index >= 15 is 0 Å². The zero-order chi connectivity index (χ0) is 18.9. The maximum Gasteiger partial charge on any atom is 0.239 e. The molecule has 0 unspecified atom stereocenters. The molecule has 138 valence electrons. The van der Waals surface area contributed by atoms with Crippen LogP contribution >= 0.6 is 0 Å². The fourth-order valence-corrected chi connectivity index (χ4v) is 2.49. The van der Waals surface area contributed by atoms with Crippen LogP contribution in [-0.2, 0) is 22.6 Å². The van der Waals surface area contributed by atoms with Crippen molar-refractivity contribution in [3.63, 3.8) is 0 Å². The Morgan fingerprint density at radius 1 is 1.12 bits per heavy atom. The van der Waals surface area contributed by atoms with Crippen LogP contribution in [-0.4, -0.2) is 36.9 Å². The van der Waals surface area contributed by atoms with E-state index < -0.39 is 0 Å². The summed E-state index contributed by atoms with van der Waals surface area (Å²) in [6.45, 7) is 2.10. The lowest BCUT2D eigenvalue weighted by atomic mass is 10.1. The lowest BCUT2D eigenvalue weighted by Crippen LogP contribution is -2.39. The number of rotatable bonds is 8. The summed E-state index contributed by atoms with van der Waals surface area (Å²) in [5.74, 6) is -0.00299. The average molecular weight is 358 g/mol. The summed E-state index contributed by atoms with van der Waals surface area (Å²) in [5.41, 5.74) is 1.82. The second kappa shape index (κ2) is 9.56. The highest BCUT2D eigenvalue weighted by Crippen LogP contribution is 2.12. The van der Waals surface area contributed by atoms with E-state index in [1.165, 1.54) is 24.0 Å². The molecule has 0 atom stereocenters. The highest BCUT2D eigenvalue weighted by molar-refractivity contribution is 5.83. The largest absolute Gasteiger partial charge is 0.497 e. The van der Waals surface area contributed by atoms with Gasteiger partial charge < -0.3 is 15.0 Å². The smallest absolute Gasteiger partial charge is 0.239 e. The predicted octanol–water partition coefficient (Wildman–Crippen LogP) is 2.54. The minimum Gasteiger partial charge on any atom is -0.497 e. The molecule has 2 rings (SSSR count). The van der Waals surface area contributed by atoms with Gasteiger partial charge in [-0.05, 0) is 41.8 Å². The highest BCUT2D eigenvalue weighted by Gasteiger charge is 2.14. The number of ether oxygens (including phenoxy) is 1. The van der Waals surface area contributed by atoms with Gasteiger partial charge in [0.25, 0.3) is 0 Å². The molecule has 2 aromatic carbocycles. The summed E-state index contributed by atoms with van der Waals surface area (Å²) in [6, 6.07) is 13.5. The number of benzene rings is 2. The van der Waals surface area contributed by atoms with Gasteiger partial charge in [-0.1, -0.05) is 24.3 Å². The Bertz CT molecular complexity index is 747. The molecule has 0 fully saturated rings. The molecular weight excluding hydrogens is 335 g/mol. The monoisotopic (exact) mass is 358 g/mol. The molecule has 5 nitrogen and oxygen atoms in total. The number of carbonyl (C=O) groups is 2. The number of hydrogen-bond acceptors (Lipinski definition) is 3. The molecule has 0 radical (unpaired) electrons. The van der Waals surface area contributed by atoms with Crippen LogP contribution in [0.3, 0.4) is 0 Å². The molecule has 0 aromatic heterocycles. The van der Waals surface area contributed by atoms with Gasteiger partial charge >= 0.3 is 0 Å². The van der Waals surface area contributed by atoms with E-state index in [0.29, 0.717) is 13.0 Å². The van der Waals surface area contributed by atoms with Gasteiger partial charge in [-0.15, -0.1) is 0 Å². The minimum absolute atomic E-state index is 0.0369. The number of amides is 2. The molecule has 0 bridgehead atoms. The first kappa shape index (κ1) is 19.4. The molecule has 2 amide bonds. The van der Waals surface area contributed by atoms with Crippen LogP contribution in [0.2, 0.25) is 0 Å². The third kappa shape index (κ3) is 6.20. The summed E-state index contributed by atoms with van der Waals surface area (Å²) >= 11 is 0. The predicted molar refractivity (Wildman–Crippen MR) is 97.2 cm³/mol. The van der Waals surface area contributed by atoms with Crippen molar-refractivity contribution in [2.45, 2.75) is 19.9 Å². The van der Waals surface area contributed by atoms with E-state index in [1.807, 2.05) is 24.3 Å². The maximum atomic E-state index is 13.0. The molecule has 6 heteroatoms. The van der Waals surface area contributed by atoms with Crippen LogP contribution in [0.5, 0.6) is 5.75 Å². The zero-order valence-electron chi connectivity index (χ0n) is 15.0. The molecule has 0 saturated carbocycles. The summed E-state index contributed by atoms with van der Waals surface area (Å²) in [5, 5.41) is 2.82. The lowest BCUT2D eigenvalue weighted by molar-refractivity contribution is -0.134. The second-order valence-corrected chi connectivity index (χ2v) is 5.95. The van der Waals surface area contributed by atoms with Crippen molar-refractivity contribution in [3.8, 4) is 5.75 Å². The van der Waals surface area contributed by atoms with Crippen molar-refractivity contribution in [1.82, 2.24) is 10.2 Å². The average Bonchev–Trinajstić information content (AvgIpc) is 2.63. The van der Waals surface area contributed by atoms with Crippen LogP contribution < -0.4 is 10.1 Å². The number of halogens is 1. The first-order valence-electron chi connectivity index (χ1n) is 8.37. The molecule has 0 aliphatic heterocycles. The summed E-state index contributed by atoms with van der Waals surface area (Å²) in [4.78, 5) is 25.3. The Morgan fingerprint density at radius 3 is 2.50 bits per heavy atom. The maximum absolute atomic E-state index is 13.0. The number of methoxy groups -OCH3 is 1. The third-order valence-corrected chi connectivity index (χ3v) is 3.94. The fraction of sp³-hybridized carbons (Fsp3) is 0.300. The zero-order valence-corrected chi connectivity index (χ0v) is 15.0. The fourth-order valence-electron chi connectivity index (χ4n) is 2.49.